The Morgan fingerprint density at radius 2 is 1.92 bits per heavy atom. The first kappa shape index (κ1) is 15.6. The molecular weight excluding hydrogens is 318 g/mol. The lowest BCUT2D eigenvalue weighted by Gasteiger charge is -2.33. The second kappa shape index (κ2) is 6.19. The fourth-order valence-electron chi connectivity index (χ4n) is 4.04. The summed E-state index contributed by atoms with van der Waals surface area (Å²) in [6.07, 6.45) is 1.05. The first-order valence-electron chi connectivity index (χ1n) is 8.43. The number of likely N-dealkylation sites (tertiary alicyclic amines) is 1. The molecule has 0 N–H and O–H groups in total. The van der Waals surface area contributed by atoms with Gasteiger partial charge in [-0.15, -0.1) is 0 Å². The molecule has 0 amide bonds. The molecule has 1 unspecified atom stereocenters. The van der Waals surface area contributed by atoms with E-state index >= 15 is 0 Å². The van der Waals surface area contributed by atoms with Gasteiger partial charge in [0, 0.05) is 29.6 Å². The lowest BCUT2D eigenvalue weighted by Crippen LogP contribution is -2.38. The Bertz CT molecular complexity index is 822. The average Bonchev–Trinajstić information content (AvgIpc) is 2.88. The number of ketones is 1. The quantitative estimate of drug-likeness (QED) is 0.750. The minimum atomic E-state index is 0.169. The Kier molecular flexibility index (Phi) is 4.03. The molecule has 2 nitrogen and oxygen atoms in total. The number of hydrogen-bond donors (Lipinski definition) is 0. The molecule has 1 saturated heterocycles. The number of Topliss-reactive ketones (excluding diaryl/α,β-unsaturated/α-hetero) is 1. The molecule has 0 radical (unpaired) electrons. The zero-order chi connectivity index (χ0) is 16.7. The van der Waals surface area contributed by atoms with Crippen LogP contribution in [0.25, 0.3) is 5.57 Å². The number of carbonyl (C=O) groups is 1. The minimum absolute atomic E-state index is 0.169. The van der Waals surface area contributed by atoms with Crippen LogP contribution in [-0.2, 0) is 0 Å². The van der Waals surface area contributed by atoms with E-state index in [-0.39, 0.29) is 5.78 Å². The maximum absolute atomic E-state index is 12.5. The van der Waals surface area contributed by atoms with E-state index in [4.69, 9.17) is 11.6 Å². The standard InChI is InChI=1S/C21H20ClNO/c1-14-17-4-2-3-5-19(17)20-12-23(11-10-18(14)20)13-21(24)15-6-8-16(22)9-7-15/h2-9,20H,10-13H2,1H3. The largest absolute Gasteiger partial charge is 0.295 e. The topological polar surface area (TPSA) is 20.3 Å². The summed E-state index contributed by atoms with van der Waals surface area (Å²) in [5.74, 6) is 0.620. The molecule has 4 rings (SSSR count). The normalized spacial score (nSPS) is 20.0. The summed E-state index contributed by atoms with van der Waals surface area (Å²) in [7, 11) is 0. The van der Waals surface area contributed by atoms with Gasteiger partial charge in [-0.05, 0) is 54.3 Å². The highest BCUT2D eigenvalue weighted by Gasteiger charge is 2.33. The molecule has 2 aromatic rings. The number of fused-ring (bicyclic) bond motifs is 3. The fourth-order valence-corrected chi connectivity index (χ4v) is 4.16. The third kappa shape index (κ3) is 2.70. The first-order chi connectivity index (χ1) is 11.6. The van der Waals surface area contributed by atoms with Crippen LogP contribution in [0.4, 0.5) is 0 Å². The number of benzene rings is 2. The van der Waals surface area contributed by atoms with Crippen molar-refractivity contribution < 1.29 is 4.79 Å². The highest BCUT2D eigenvalue weighted by Crippen LogP contribution is 2.45. The monoisotopic (exact) mass is 337 g/mol. The number of halogens is 1. The highest BCUT2D eigenvalue weighted by atomic mass is 35.5. The summed E-state index contributed by atoms with van der Waals surface area (Å²) in [6, 6.07) is 15.9. The van der Waals surface area contributed by atoms with E-state index in [1.54, 1.807) is 17.7 Å². The van der Waals surface area contributed by atoms with Crippen LogP contribution in [0.5, 0.6) is 0 Å². The third-order valence-corrected chi connectivity index (χ3v) is 5.57. The molecule has 24 heavy (non-hydrogen) atoms. The average molecular weight is 338 g/mol. The van der Waals surface area contributed by atoms with Gasteiger partial charge in [-0.25, -0.2) is 0 Å². The van der Waals surface area contributed by atoms with Crippen LogP contribution in [-0.4, -0.2) is 30.3 Å². The summed E-state index contributed by atoms with van der Waals surface area (Å²) in [4.78, 5) is 14.8. The maximum Gasteiger partial charge on any atom is 0.176 e. The number of piperidine rings is 1. The molecule has 1 atom stereocenters. The van der Waals surface area contributed by atoms with E-state index in [1.807, 2.05) is 12.1 Å². The van der Waals surface area contributed by atoms with E-state index in [2.05, 4.69) is 36.1 Å². The summed E-state index contributed by atoms with van der Waals surface area (Å²) in [5.41, 5.74) is 6.56. The van der Waals surface area contributed by atoms with Gasteiger partial charge in [0.25, 0.3) is 0 Å². The van der Waals surface area contributed by atoms with Crippen LogP contribution in [0.1, 0.15) is 40.7 Å². The second-order valence-electron chi connectivity index (χ2n) is 6.71. The summed E-state index contributed by atoms with van der Waals surface area (Å²) >= 11 is 5.90. The SMILES string of the molecule is CC1=C2CCN(CC(=O)c3ccc(Cl)cc3)CC2c2ccccc21. The molecule has 1 aliphatic carbocycles. The lowest BCUT2D eigenvalue weighted by molar-refractivity contribution is 0.0920. The van der Waals surface area contributed by atoms with E-state index in [1.165, 1.54) is 16.7 Å². The van der Waals surface area contributed by atoms with Gasteiger partial charge in [0.05, 0.1) is 6.54 Å². The molecule has 2 aromatic carbocycles. The van der Waals surface area contributed by atoms with E-state index in [0.717, 1.165) is 25.1 Å². The Morgan fingerprint density at radius 1 is 1.17 bits per heavy atom. The third-order valence-electron chi connectivity index (χ3n) is 5.31. The van der Waals surface area contributed by atoms with Gasteiger partial charge in [-0.2, -0.15) is 0 Å². The van der Waals surface area contributed by atoms with Crippen LogP contribution in [0, 0.1) is 0 Å². The summed E-state index contributed by atoms with van der Waals surface area (Å²) < 4.78 is 0. The predicted molar refractivity (Wildman–Crippen MR) is 98.6 cm³/mol. The number of hydrogen-bond acceptors (Lipinski definition) is 2. The van der Waals surface area contributed by atoms with Crippen molar-refractivity contribution in [2.24, 2.45) is 0 Å². The van der Waals surface area contributed by atoms with Gasteiger partial charge < -0.3 is 0 Å². The van der Waals surface area contributed by atoms with Crippen molar-refractivity contribution in [2.75, 3.05) is 19.6 Å². The maximum atomic E-state index is 12.5. The van der Waals surface area contributed by atoms with Crippen molar-refractivity contribution in [2.45, 2.75) is 19.3 Å². The molecule has 0 bridgehead atoms. The van der Waals surface area contributed by atoms with Crippen LogP contribution in [0.2, 0.25) is 5.02 Å². The highest BCUT2D eigenvalue weighted by molar-refractivity contribution is 6.30. The zero-order valence-corrected chi connectivity index (χ0v) is 14.5. The van der Waals surface area contributed by atoms with Crippen LogP contribution in [0.3, 0.4) is 0 Å². The minimum Gasteiger partial charge on any atom is -0.295 e. The lowest BCUT2D eigenvalue weighted by atomic mass is 9.89. The van der Waals surface area contributed by atoms with Crippen molar-refractivity contribution >= 4 is 23.0 Å². The number of rotatable bonds is 3. The number of allylic oxidation sites excluding steroid dienone is 1. The summed E-state index contributed by atoms with van der Waals surface area (Å²) in [5, 5.41) is 0.664. The predicted octanol–water partition coefficient (Wildman–Crippen LogP) is 4.80. The van der Waals surface area contributed by atoms with Crippen molar-refractivity contribution in [1.29, 1.82) is 0 Å². The Morgan fingerprint density at radius 3 is 2.71 bits per heavy atom. The Hall–Kier alpha value is -1.90. The molecule has 3 heteroatoms. The second-order valence-corrected chi connectivity index (χ2v) is 7.14. The first-order valence-corrected chi connectivity index (χ1v) is 8.81. The van der Waals surface area contributed by atoms with Gasteiger partial charge in [0.1, 0.15) is 0 Å². The van der Waals surface area contributed by atoms with Gasteiger partial charge in [0.2, 0.25) is 0 Å². The van der Waals surface area contributed by atoms with E-state index < -0.39 is 0 Å². The van der Waals surface area contributed by atoms with Gasteiger partial charge in [-0.3, -0.25) is 9.69 Å². The van der Waals surface area contributed by atoms with Gasteiger partial charge in [0.15, 0.2) is 5.78 Å². The van der Waals surface area contributed by atoms with Crippen molar-refractivity contribution in [3.63, 3.8) is 0 Å². The van der Waals surface area contributed by atoms with Crippen molar-refractivity contribution in [3.8, 4) is 0 Å². The molecule has 1 heterocycles. The van der Waals surface area contributed by atoms with Crippen molar-refractivity contribution in [1.82, 2.24) is 4.90 Å². The molecule has 122 valence electrons. The van der Waals surface area contributed by atoms with Crippen LogP contribution < -0.4 is 0 Å². The van der Waals surface area contributed by atoms with Gasteiger partial charge >= 0.3 is 0 Å². The molecule has 0 aromatic heterocycles. The van der Waals surface area contributed by atoms with Crippen molar-refractivity contribution in [3.05, 3.63) is 75.8 Å². The zero-order valence-electron chi connectivity index (χ0n) is 13.8. The van der Waals surface area contributed by atoms with Crippen LogP contribution in [0.15, 0.2) is 54.1 Å². The molecule has 0 spiro atoms. The molecule has 0 saturated carbocycles. The van der Waals surface area contributed by atoms with E-state index in [0.29, 0.717) is 17.5 Å². The molecule has 2 aliphatic rings. The fraction of sp³-hybridized carbons (Fsp3) is 0.286. The smallest absolute Gasteiger partial charge is 0.176 e. The van der Waals surface area contributed by atoms with E-state index in [9.17, 15) is 4.79 Å². The molecular formula is C21H20ClNO. The molecule has 1 aliphatic heterocycles. The number of carbonyl (C=O) groups excluding carboxylic acids is 1. The van der Waals surface area contributed by atoms with Gasteiger partial charge in [-0.1, -0.05) is 41.4 Å². The summed E-state index contributed by atoms with van der Waals surface area (Å²) in [6.45, 7) is 4.61. The Balaban J connectivity index is 1.51. The molecule has 1 fully saturated rings. The van der Waals surface area contributed by atoms with Crippen LogP contribution >= 0.6 is 11.6 Å². The number of nitrogens with zero attached hydrogens (tertiary/aromatic N) is 1. The Labute approximate surface area is 147 Å².